The molecule has 14 heavy (non-hydrogen) atoms. The van der Waals surface area contributed by atoms with Crippen LogP contribution in [-0.4, -0.2) is 5.78 Å². The Bertz CT molecular complexity index is 322. The highest BCUT2D eigenvalue weighted by Gasteiger charge is 2.49. The van der Waals surface area contributed by atoms with Crippen molar-refractivity contribution in [2.45, 2.75) is 27.2 Å². The van der Waals surface area contributed by atoms with Gasteiger partial charge in [0.05, 0.1) is 0 Å². The predicted molar refractivity (Wildman–Crippen MR) is 57.8 cm³/mol. The second-order valence-electron chi connectivity index (χ2n) is 5.36. The summed E-state index contributed by atoms with van der Waals surface area (Å²) in [6.45, 7) is 10.6. The molecule has 76 valence electrons. The molecule has 2 bridgehead atoms. The minimum atomic E-state index is 0.0636. The predicted octanol–water partition coefficient (Wildman–Crippen LogP) is 2.98. The number of allylic oxidation sites excluding steroid dienone is 3. The normalized spacial score (nSPS) is 40.1. The van der Waals surface area contributed by atoms with E-state index in [4.69, 9.17) is 0 Å². The van der Waals surface area contributed by atoms with Gasteiger partial charge in [0.2, 0.25) is 0 Å². The van der Waals surface area contributed by atoms with Gasteiger partial charge in [0.1, 0.15) is 5.78 Å². The van der Waals surface area contributed by atoms with Gasteiger partial charge in [-0.05, 0) is 22.8 Å². The van der Waals surface area contributed by atoms with Crippen LogP contribution in [0.1, 0.15) is 27.2 Å². The van der Waals surface area contributed by atoms with Crippen LogP contribution in [0.25, 0.3) is 0 Å². The van der Waals surface area contributed by atoms with Gasteiger partial charge in [0, 0.05) is 12.3 Å². The third-order valence-electron chi connectivity index (χ3n) is 3.95. The molecule has 0 saturated heterocycles. The number of carbonyl (C=O) groups is 1. The molecule has 2 aliphatic carbocycles. The van der Waals surface area contributed by atoms with E-state index in [2.05, 4.69) is 33.4 Å². The highest BCUT2D eigenvalue weighted by molar-refractivity contribution is 5.87. The molecule has 0 aromatic carbocycles. The molecule has 0 aliphatic heterocycles. The summed E-state index contributed by atoms with van der Waals surface area (Å²) in [6, 6.07) is 0. The molecule has 0 radical (unpaired) electrons. The van der Waals surface area contributed by atoms with Crippen LogP contribution in [0.3, 0.4) is 0 Å². The van der Waals surface area contributed by atoms with Crippen LogP contribution >= 0.6 is 0 Å². The molecule has 0 amide bonds. The first-order chi connectivity index (χ1) is 6.44. The Morgan fingerprint density at radius 1 is 1.50 bits per heavy atom. The van der Waals surface area contributed by atoms with Gasteiger partial charge in [-0.15, -0.1) is 0 Å². The average molecular weight is 190 g/mol. The van der Waals surface area contributed by atoms with Crippen LogP contribution in [0.15, 0.2) is 24.3 Å². The molecule has 2 aliphatic rings. The number of ketones is 1. The lowest BCUT2D eigenvalue weighted by atomic mass is 9.54. The van der Waals surface area contributed by atoms with E-state index < -0.39 is 0 Å². The van der Waals surface area contributed by atoms with E-state index in [1.165, 1.54) is 0 Å². The smallest absolute Gasteiger partial charge is 0.141 e. The van der Waals surface area contributed by atoms with Crippen LogP contribution < -0.4 is 0 Å². The van der Waals surface area contributed by atoms with Crippen molar-refractivity contribution in [3.8, 4) is 0 Å². The van der Waals surface area contributed by atoms with Gasteiger partial charge in [-0.2, -0.15) is 0 Å². The molecule has 1 fully saturated rings. The number of hydrogen-bond donors (Lipinski definition) is 0. The summed E-state index contributed by atoms with van der Waals surface area (Å²) in [4.78, 5) is 11.9. The van der Waals surface area contributed by atoms with Crippen molar-refractivity contribution in [3.05, 3.63) is 24.3 Å². The zero-order valence-electron chi connectivity index (χ0n) is 9.21. The zero-order chi connectivity index (χ0) is 10.5. The van der Waals surface area contributed by atoms with Crippen molar-refractivity contribution >= 4 is 5.78 Å². The Kier molecular flexibility index (Phi) is 1.95. The first-order valence-corrected chi connectivity index (χ1v) is 5.34. The quantitative estimate of drug-likeness (QED) is 0.574. The van der Waals surface area contributed by atoms with Gasteiger partial charge in [0.25, 0.3) is 0 Å². The summed E-state index contributed by atoms with van der Waals surface area (Å²) in [5.74, 6) is 1.47. The third kappa shape index (κ3) is 1.11. The minimum absolute atomic E-state index is 0.0636. The summed E-state index contributed by atoms with van der Waals surface area (Å²) in [5, 5.41) is 0. The maximum atomic E-state index is 11.9. The fourth-order valence-electron chi connectivity index (χ4n) is 3.35. The molecule has 0 aromatic heterocycles. The molecule has 0 N–H and O–H groups in total. The number of rotatable bonds is 0. The van der Waals surface area contributed by atoms with E-state index in [1.807, 2.05) is 6.08 Å². The maximum absolute atomic E-state index is 11.9. The first kappa shape index (κ1) is 9.70. The molecule has 0 aromatic rings. The van der Waals surface area contributed by atoms with E-state index in [1.54, 1.807) is 0 Å². The van der Waals surface area contributed by atoms with E-state index in [0.717, 1.165) is 12.0 Å². The third-order valence-corrected chi connectivity index (χ3v) is 3.95. The molecular formula is C13H18O. The summed E-state index contributed by atoms with van der Waals surface area (Å²) in [7, 11) is 0. The molecule has 0 heterocycles. The van der Waals surface area contributed by atoms with Crippen LogP contribution in [0.5, 0.6) is 0 Å². The van der Waals surface area contributed by atoms with Gasteiger partial charge in [-0.25, -0.2) is 0 Å². The second-order valence-corrected chi connectivity index (χ2v) is 5.36. The van der Waals surface area contributed by atoms with Crippen LogP contribution in [0.2, 0.25) is 0 Å². The molecule has 3 atom stereocenters. The number of carbonyl (C=O) groups excluding carboxylic acids is 1. The van der Waals surface area contributed by atoms with Gasteiger partial charge in [0.15, 0.2) is 0 Å². The van der Waals surface area contributed by atoms with Crippen molar-refractivity contribution in [1.82, 2.24) is 0 Å². The highest BCUT2D eigenvalue weighted by Crippen LogP contribution is 2.52. The van der Waals surface area contributed by atoms with Crippen LogP contribution in [0, 0.1) is 23.2 Å². The largest absolute Gasteiger partial charge is 0.299 e. The second kappa shape index (κ2) is 2.82. The number of fused-ring (bicyclic) bond motifs is 2. The summed E-state index contributed by atoms with van der Waals surface area (Å²) in [6.07, 6.45) is 5.02. The fourth-order valence-corrected chi connectivity index (χ4v) is 3.35. The SMILES string of the molecule is C=C1C=CC2C(C)CC(=O)C1C2(C)C. The zero-order valence-corrected chi connectivity index (χ0v) is 9.21. The number of hydrogen-bond acceptors (Lipinski definition) is 1. The Morgan fingerprint density at radius 3 is 2.79 bits per heavy atom. The topological polar surface area (TPSA) is 17.1 Å². The van der Waals surface area contributed by atoms with E-state index in [-0.39, 0.29) is 11.3 Å². The Hall–Kier alpha value is -0.850. The Morgan fingerprint density at radius 2 is 2.14 bits per heavy atom. The van der Waals surface area contributed by atoms with Gasteiger partial charge in [-0.1, -0.05) is 39.5 Å². The molecule has 1 heteroatoms. The molecular weight excluding hydrogens is 172 g/mol. The fraction of sp³-hybridized carbons (Fsp3) is 0.615. The summed E-state index contributed by atoms with van der Waals surface area (Å²) < 4.78 is 0. The molecule has 1 saturated carbocycles. The van der Waals surface area contributed by atoms with E-state index >= 15 is 0 Å². The van der Waals surface area contributed by atoms with Crippen molar-refractivity contribution in [1.29, 1.82) is 0 Å². The van der Waals surface area contributed by atoms with Gasteiger partial charge in [-0.3, -0.25) is 4.79 Å². The maximum Gasteiger partial charge on any atom is 0.141 e. The standard InChI is InChI=1S/C13H18O/c1-8-5-6-10-9(2)7-11(14)12(8)13(10,3)4/h5-6,9-10,12H,1,7H2,2-4H3. The van der Waals surface area contributed by atoms with E-state index in [9.17, 15) is 4.79 Å². The van der Waals surface area contributed by atoms with Gasteiger partial charge < -0.3 is 0 Å². The number of Topliss-reactive ketones (excluding diaryl/α,β-unsaturated/α-hetero) is 1. The monoisotopic (exact) mass is 190 g/mol. The minimum Gasteiger partial charge on any atom is -0.299 e. The lowest BCUT2D eigenvalue weighted by Gasteiger charge is -2.49. The van der Waals surface area contributed by atoms with Crippen LogP contribution in [-0.2, 0) is 4.79 Å². The van der Waals surface area contributed by atoms with Crippen molar-refractivity contribution in [2.24, 2.45) is 23.2 Å². The Labute approximate surface area is 85.9 Å². The molecule has 3 unspecified atom stereocenters. The van der Waals surface area contributed by atoms with Gasteiger partial charge >= 0.3 is 0 Å². The highest BCUT2D eigenvalue weighted by atomic mass is 16.1. The van der Waals surface area contributed by atoms with Crippen LogP contribution in [0.4, 0.5) is 0 Å². The summed E-state index contributed by atoms with van der Waals surface area (Å²) in [5.41, 5.74) is 1.07. The average Bonchev–Trinajstić information content (AvgIpc) is 1.99. The lowest BCUT2D eigenvalue weighted by Crippen LogP contribution is -2.47. The van der Waals surface area contributed by atoms with E-state index in [0.29, 0.717) is 17.6 Å². The summed E-state index contributed by atoms with van der Waals surface area (Å²) >= 11 is 0. The first-order valence-electron chi connectivity index (χ1n) is 5.34. The van der Waals surface area contributed by atoms with Crippen molar-refractivity contribution in [3.63, 3.8) is 0 Å². The van der Waals surface area contributed by atoms with Crippen molar-refractivity contribution in [2.75, 3.05) is 0 Å². The Balaban J connectivity index is 2.51. The van der Waals surface area contributed by atoms with Crippen molar-refractivity contribution < 1.29 is 4.79 Å². The lowest BCUT2D eigenvalue weighted by molar-refractivity contribution is -0.131. The molecule has 0 spiro atoms. The molecule has 2 rings (SSSR count). The molecule has 1 nitrogen and oxygen atoms in total.